The second kappa shape index (κ2) is 8.54. The smallest absolute Gasteiger partial charge is 0.244 e. The minimum atomic E-state index is -0.178. The first-order valence-electron chi connectivity index (χ1n) is 7.47. The first-order valence-corrected chi connectivity index (χ1v) is 7.47. The number of aryl methyl sites for hydroxylation is 3. The molecule has 122 valence electrons. The molecule has 0 heterocycles. The Morgan fingerprint density at radius 2 is 1.77 bits per heavy atom. The predicted octanol–water partition coefficient (Wildman–Crippen LogP) is 2.44. The van der Waals surface area contributed by atoms with Crippen LogP contribution in [0.4, 0.5) is 5.69 Å². The van der Waals surface area contributed by atoms with Crippen LogP contribution in [0.15, 0.2) is 12.1 Å². The molecule has 0 aliphatic carbocycles. The fraction of sp³-hybridized carbons (Fsp3) is 0.529. The van der Waals surface area contributed by atoms with Gasteiger partial charge in [-0.1, -0.05) is 17.7 Å². The van der Waals surface area contributed by atoms with E-state index in [0.29, 0.717) is 19.6 Å². The van der Waals surface area contributed by atoms with E-state index < -0.39 is 0 Å². The lowest BCUT2D eigenvalue weighted by molar-refractivity contribution is -0.132. The van der Waals surface area contributed by atoms with E-state index in [1.54, 1.807) is 7.11 Å². The average molecular weight is 306 g/mol. The first kappa shape index (κ1) is 18.2. The van der Waals surface area contributed by atoms with Gasteiger partial charge in [0.25, 0.3) is 0 Å². The van der Waals surface area contributed by atoms with Crippen molar-refractivity contribution in [1.29, 1.82) is 0 Å². The molecule has 5 nitrogen and oxygen atoms in total. The number of amides is 2. The number of methoxy groups -OCH3 is 1. The van der Waals surface area contributed by atoms with Gasteiger partial charge in [0.2, 0.25) is 11.8 Å². The summed E-state index contributed by atoms with van der Waals surface area (Å²) >= 11 is 0. The topological polar surface area (TPSA) is 58.6 Å². The van der Waals surface area contributed by atoms with Crippen LogP contribution >= 0.6 is 0 Å². The highest BCUT2D eigenvalue weighted by atomic mass is 16.5. The van der Waals surface area contributed by atoms with Crippen LogP contribution in [0.5, 0.6) is 0 Å². The Kier molecular flexibility index (Phi) is 7.05. The van der Waals surface area contributed by atoms with E-state index in [1.807, 2.05) is 32.9 Å². The molecule has 1 aromatic rings. The van der Waals surface area contributed by atoms with Gasteiger partial charge in [-0.15, -0.1) is 0 Å². The maximum Gasteiger partial charge on any atom is 0.244 e. The molecule has 0 unspecified atom stereocenters. The van der Waals surface area contributed by atoms with E-state index in [2.05, 4.69) is 5.32 Å². The molecule has 0 aromatic heterocycles. The number of anilines is 1. The van der Waals surface area contributed by atoms with E-state index in [1.165, 1.54) is 11.8 Å². The number of carbonyl (C=O) groups excluding carboxylic acids is 2. The lowest BCUT2D eigenvalue weighted by Crippen LogP contribution is -2.37. The molecule has 1 rings (SSSR count). The third kappa shape index (κ3) is 5.48. The van der Waals surface area contributed by atoms with Crippen LogP contribution in [0.2, 0.25) is 0 Å². The summed E-state index contributed by atoms with van der Waals surface area (Å²) in [6.45, 7) is 8.59. The lowest BCUT2D eigenvalue weighted by atomic mass is 10.1. The van der Waals surface area contributed by atoms with Gasteiger partial charge < -0.3 is 15.0 Å². The number of ether oxygens (including phenoxy) is 1. The highest BCUT2D eigenvalue weighted by Gasteiger charge is 2.15. The maximum atomic E-state index is 12.2. The molecule has 0 spiro atoms. The standard InChI is InChI=1S/C17H26N2O3/c1-12-9-13(2)17(14(3)10-12)18-16(21)11-19(15(4)20)7-6-8-22-5/h9-10H,6-8,11H2,1-5H3,(H,18,21). The second-order valence-corrected chi connectivity index (χ2v) is 5.61. The fourth-order valence-corrected chi connectivity index (χ4v) is 2.48. The molecule has 1 N–H and O–H groups in total. The van der Waals surface area contributed by atoms with Crippen molar-refractivity contribution in [3.63, 3.8) is 0 Å². The zero-order valence-corrected chi connectivity index (χ0v) is 14.2. The highest BCUT2D eigenvalue weighted by molar-refractivity contribution is 5.95. The van der Waals surface area contributed by atoms with Crippen LogP contribution in [0.1, 0.15) is 30.0 Å². The number of hydrogen-bond acceptors (Lipinski definition) is 3. The lowest BCUT2D eigenvalue weighted by Gasteiger charge is -2.21. The molecule has 0 aliphatic heterocycles. The normalized spacial score (nSPS) is 10.4. The van der Waals surface area contributed by atoms with Crippen LogP contribution in [-0.4, -0.2) is 43.5 Å². The number of hydrogen-bond donors (Lipinski definition) is 1. The van der Waals surface area contributed by atoms with Gasteiger partial charge in [0.05, 0.1) is 6.54 Å². The summed E-state index contributed by atoms with van der Waals surface area (Å²) in [7, 11) is 1.62. The van der Waals surface area contributed by atoms with Gasteiger partial charge in [-0.2, -0.15) is 0 Å². The van der Waals surface area contributed by atoms with E-state index >= 15 is 0 Å². The molecule has 5 heteroatoms. The Morgan fingerprint density at radius 3 is 2.27 bits per heavy atom. The van der Waals surface area contributed by atoms with E-state index in [9.17, 15) is 9.59 Å². The molecule has 0 saturated carbocycles. The summed E-state index contributed by atoms with van der Waals surface area (Å²) in [5.74, 6) is -0.286. The zero-order chi connectivity index (χ0) is 16.7. The Morgan fingerprint density at radius 1 is 1.18 bits per heavy atom. The zero-order valence-electron chi connectivity index (χ0n) is 14.2. The van der Waals surface area contributed by atoms with Crippen LogP contribution in [0, 0.1) is 20.8 Å². The number of carbonyl (C=O) groups is 2. The number of nitrogens with zero attached hydrogens (tertiary/aromatic N) is 1. The van der Waals surface area contributed by atoms with Gasteiger partial charge in [0.1, 0.15) is 0 Å². The van der Waals surface area contributed by atoms with Gasteiger partial charge in [-0.05, 0) is 38.3 Å². The molecule has 0 saturated heterocycles. The Hall–Kier alpha value is -1.88. The van der Waals surface area contributed by atoms with Crippen LogP contribution in [0.25, 0.3) is 0 Å². The number of benzene rings is 1. The Labute approximate surface area is 132 Å². The van der Waals surface area contributed by atoms with Crippen molar-refractivity contribution in [3.8, 4) is 0 Å². The van der Waals surface area contributed by atoms with Gasteiger partial charge in [-0.25, -0.2) is 0 Å². The number of nitrogens with one attached hydrogen (secondary N) is 1. The molecule has 0 bridgehead atoms. The summed E-state index contributed by atoms with van der Waals surface area (Å²) in [6.07, 6.45) is 0.714. The van der Waals surface area contributed by atoms with Crippen LogP contribution < -0.4 is 5.32 Å². The third-order valence-electron chi connectivity index (χ3n) is 3.50. The predicted molar refractivity (Wildman–Crippen MR) is 88.0 cm³/mol. The maximum absolute atomic E-state index is 12.2. The highest BCUT2D eigenvalue weighted by Crippen LogP contribution is 2.21. The van der Waals surface area contributed by atoms with Gasteiger partial charge >= 0.3 is 0 Å². The Bertz CT molecular complexity index is 518. The van der Waals surface area contributed by atoms with Gasteiger partial charge in [-0.3, -0.25) is 9.59 Å². The van der Waals surface area contributed by atoms with Crippen LogP contribution in [0.3, 0.4) is 0 Å². The van der Waals surface area contributed by atoms with Gasteiger partial charge in [0.15, 0.2) is 0 Å². The molecular formula is C17H26N2O3. The van der Waals surface area contributed by atoms with Crippen molar-refractivity contribution in [2.75, 3.05) is 32.1 Å². The van der Waals surface area contributed by atoms with Crippen molar-refractivity contribution in [1.82, 2.24) is 4.90 Å². The van der Waals surface area contributed by atoms with Crippen molar-refractivity contribution < 1.29 is 14.3 Å². The summed E-state index contributed by atoms with van der Waals surface area (Å²) in [6, 6.07) is 4.06. The summed E-state index contributed by atoms with van der Waals surface area (Å²) < 4.78 is 4.98. The molecule has 0 atom stereocenters. The third-order valence-corrected chi connectivity index (χ3v) is 3.50. The minimum absolute atomic E-state index is 0.0613. The van der Waals surface area contributed by atoms with Crippen molar-refractivity contribution in [2.24, 2.45) is 0 Å². The van der Waals surface area contributed by atoms with E-state index in [4.69, 9.17) is 4.74 Å². The summed E-state index contributed by atoms with van der Waals surface area (Å²) in [5, 5.41) is 2.92. The van der Waals surface area contributed by atoms with Crippen molar-refractivity contribution in [2.45, 2.75) is 34.1 Å². The molecule has 2 amide bonds. The molecular weight excluding hydrogens is 280 g/mol. The quantitative estimate of drug-likeness (QED) is 0.787. The first-order chi connectivity index (χ1) is 10.3. The average Bonchev–Trinajstić information content (AvgIpc) is 2.41. The molecule has 0 fully saturated rings. The van der Waals surface area contributed by atoms with Crippen molar-refractivity contribution >= 4 is 17.5 Å². The summed E-state index contributed by atoms with van der Waals surface area (Å²) in [4.78, 5) is 25.4. The SMILES string of the molecule is COCCCN(CC(=O)Nc1c(C)cc(C)cc1C)C(C)=O. The minimum Gasteiger partial charge on any atom is -0.385 e. The molecule has 0 aliphatic rings. The van der Waals surface area contributed by atoms with E-state index in [-0.39, 0.29) is 18.4 Å². The largest absolute Gasteiger partial charge is 0.385 e. The Balaban J connectivity index is 2.70. The fourth-order valence-electron chi connectivity index (χ4n) is 2.48. The van der Waals surface area contributed by atoms with Gasteiger partial charge in [0, 0.05) is 32.9 Å². The summed E-state index contributed by atoms with van der Waals surface area (Å²) in [5.41, 5.74) is 4.05. The van der Waals surface area contributed by atoms with Crippen LogP contribution in [-0.2, 0) is 14.3 Å². The van der Waals surface area contributed by atoms with Crippen molar-refractivity contribution in [3.05, 3.63) is 28.8 Å². The molecule has 22 heavy (non-hydrogen) atoms. The van der Waals surface area contributed by atoms with E-state index in [0.717, 1.165) is 22.4 Å². The second-order valence-electron chi connectivity index (χ2n) is 5.61. The molecule has 1 aromatic carbocycles. The monoisotopic (exact) mass is 306 g/mol. The molecule has 0 radical (unpaired) electrons. The number of rotatable bonds is 7.